The number of anilines is 1. The highest BCUT2D eigenvalue weighted by Crippen LogP contribution is 2.41. The second-order valence-electron chi connectivity index (χ2n) is 11.5. The van der Waals surface area contributed by atoms with Crippen LogP contribution in [0.2, 0.25) is 10.0 Å². The van der Waals surface area contributed by atoms with Crippen molar-refractivity contribution in [3.8, 4) is 28.3 Å². The molecule has 3 N–H and O–H groups in total. The number of likely N-dealkylation sites (tertiary alicyclic amines) is 1. The van der Waals surface area contributed by atoms with Gasteiger partial charge in [0.25, 0.3) is 5.91 Å². The van der Waals surface area contributed by atoms with E-state index in [9.17, 15) is 15.0 Å². The lowest BCUT2D eigenvalue weighted by Crippen LogP contribution is -2.49. The molecule has 0 aliphatic carbocycles. The molecule has 0 unspecified atom stereocenters. The topological polar surface area (TPSA) is 111 Å². The Bertz CT molecular complexity index is 1740. The largest absolute Gasteiger partial charge is 0.481 e. The summed E-state index contributed by atoms with van der Waals surface area (Å²) in [5, 5.41) is 22.8. The molecule has 2 aliphatic heterocycles. The van der Waals surface area contributed by atoms with Gasteiger partial charge in [-0.05, 0) is 42.7 Å². The number of carbonyl (C=O) groups is 1. The summed E-state index contributed by atoms with van der Waals surface area (Å²) < 4.78 is 5.60. The third-order valence-electron chi connectivity index (χ3n) is 8.41. The predicted molar refractivity (Wildman–Crippen MR) is 176 cm³/mol. The molecule has 6 rings (SSSR count). The van der Waals surface area contributed by atoms with Crippen molar-refractivity contribution < 1.29 is 19.7 Å². The maximum absolute atomic E-state index is 13.4. The van der Waals surface area contributed by atoms with Gasteiger partial charge in [-0.3, -0.25) is 14.6 Å². The quantitative estimate of drug-likeness (QED) is 0.227. The number of β-amino-alcohol motifs (C(OH)–C–C–N with tert-alkyl or cyclic N) is 2. The van der Waals surface area contributed by atoms with Gasteiger partial charge in [-0.2, -0.15) is 0 Å². The predicted octanol–water partition coefficient (Wildman–Crippen LogP) is 5.21. The van der Waals surface area contributed by atoms with Crippen LogP contribution in [0.25, 0.3) is 22.4 Å². The number of ether oxygens (including phenoxy) is 1. The van der Waals surface area contributed by atoms with E-state index in [1.165, 1.54) is 0 Å². The zero-order valence-electron chi connectivity index (χ0n) is 25.2. The second-order valence-corrected chi connectivity index (χ2v) is 12.3. The number of methoxy groups -OCH3 is 1. The highest BCUT2D eigenvalue weighted by Gasteiger charge is 2.26. The molecule has 234 valence electrons. The van der Waals surface area contributed by atoms with Crippen molar-refractivity contribution in [1.82, 2.24) is 19.8 Å². The van der Waals surface area contributed by atoms with Crippen LogP contribution in [0.3, 0.4) is 0 Å². The smallest absolute Gasteiger partial charge is 0.274 e. The summed E-state index contributed by atoms with van der Waals surface area (Å²) in [5.74, 6) is 0.147. The monoisotopic (exact) mass is 647 g/mol. The third-order valence-corrected chi connectivity index (χ3v) is 9.22. The number of carbonyl (C=O) groups excluding carboxylic acids is 1. The first-order valence-electron chi connectivity index (χ1n) is 14.9. The number of hydrogen-bond acceptors (Lipinski definition) is 8. The number of halogens is 2. The second kappa shape index (κ2) is 13.4. The fourth-order valence-corrected chi connectivity index (χ4v) is 6.64. The Balaban J connectivity index is 1.25. The minimum atomic E-state index is -0.358. The Morgan fingerprint density at radius 3 is 2.49 bits per heavy atom. The van der Waals surface area contributed by atoms with E-state index in [0.717, 1.165) is 35.3 Å². The Labute approximate surface area is 272 Å². The van der Waals surface area contributed by atoms with Crippen LogP contribution in [0.5, 0.6) is 5.88 Å². The molecule has 4 heterocycles. The molecule has 11 heteroatoms. The van der Waals surface area contributed by atoms with Gasteiger partial charge < -0.3 is 20.3 Å². The van der Waals surface area contributed by atoms with Gasteiger partial charge >= 0.3 is 0 Å². The summed E-state index contributed by atoms with van der Waals surface area (Å²) in [6.07, 6.45) is 0.553. The van der Waals surface area contributed by atoms with Gasteiger partial charge in [-0.15, -0.1) is 0 Å². The van der Waals surface area contributed by atoms with E-state index >= 15 is 0 Å². The van der Waals surface area contributed by atoms with Crippen molar-refractivity contribution in [3.05, 3.63) is 92.7 Å². The van der Waals surface area contributed by atoms with Crippen LogP contribution < -0.4 is 10.1 Å². The summed E-state index contributed by atoms with van der Waals surface area (Å²) in [7, 11) is 1.59. The Kier molecular flexibility index (Phi) is 9.37. The molecule has 2 aliphatic rings. The van der Waals surface area contributed by atoms with E-state index in [2.05, 4.69) is 20.1 Å². The minimum absolute atomic E-state index is 0.0819. The fraction of sp³-hybridized carbons (Fsp3) is 0.324. The number of benzene rings is 2. The Morgan fingerprint density at radius 2 is 1.76 bits per heavy atom. The number of fused-ring (bicyclic) bond motifs is 1. The van der Waals surface area contributed by atoms with Crippen molar-refractivity contribution in [2.75, 3.05) is 45.2 Å². The van der Waals surface area contributed by atoms with E-state index in [1.807, 2.05) is 55.5 Å². The molecule has 9 nitrogen and oxygen atoms in total. The SMILES string of the molecule is COc1nc(-c2cccc(-c3cccc(NC(=O)c4cc(C)c5c(n4)CN(CCO)CC5)c3Cl)c2Cl)ccc1CN1CC(O)C1. The molecule has 0 atom stereocenters. The van der Waals surface area contributed by atoms with Gasteiger partial charge in [-0.1, -0.05) is 59.6 Å². The molecule has 0 radical (unpaired) electrons. The van der Waals surface area contributed by atoms with Gasteiger partial charge in [0, 0.05) is 61.5 Å². The number of hydrogen-bond donors (Lipinski definition) is 3. The number of aliphatic hydroxyl groups excluding tert-OH is 2. The van der Waals surface area contributed by atoms with E-state index < -0.39 is 0 Å². The molecule has 1 fully saturated rings. The van der Waals surface area contributed by atoms with E-state index in [0.29, 0.717) is 82.4 Å². The zero-order valence-corrected chi connectivity index (χ0v) is 26.7. The highest BCUT2D eigenvalue weighted by molar-refractivity contribution is 6.39. The molecular formula is C34H35Cl2N5O4. The van der Waals surface area contributed by atoms with Crippen LogP contribution in [0.15, 0.2) is 54.6 Å². The number of pyridine rings is 2. The van der Waals surface area contributed by atoms with E-state index in [-0.39, 0.29) is 18.6 Å². The lowest BCUT2D eigenvalue weighted by molar-refractivity contribution is -0.00330. The van der Waals surface area contributed by atoms with Gasteiger partial charge in [0.2, 0.25) is 5.88 Å². The molecule has 45 heavy (non-hydrogen) atoms. The number of amides is 1. The van der Waals surface area contributed by atoms with E-state index in [1.54, 1.807) is 13.2 Å². The van der Waals surface area contributed by atoms with Crippen LogP contribution in [0.4, 0.5) is 5.69 Å². The number of rotatable bonds is 9. The standard InChI is InChI=1S/C34H35Cl2N5O4/c1-20-15-29(37-30-19-40(13-14-42)12-11-23(20)30)33(44)38-28-8-4-6-25(32(28)36)24-5-3-7-26(31(24)35)27-10-9-21(34(39-27)45-2)16-41-17-22(43)18-41/h3-10,15,22,42-43H,11-14,16-19H2,1-2H3,(H,38,44). The average molecular weight is 649 g/mol. The molecule has 0 spiro atoms. The summed E-state index contributed by atoms with van der Waals surface area (Å²) in [5.41, 5.74) is 7.46. The highest BCUT2D eigenvalue weighted by atomic mass is 35.5. The van der Waals surface area contributed by atoms with Crippen molar-refractivity contribution in [1.29, 1.82) is 0 Å². The van der Waals surface area contributed by atoms with Crippen molar-refractivity contribution in [3.63, 3.8) is 0 Å². The van der Waals surface area contributed by atoms with Crippen LogP contribution in [0.1, 0.15) is 32.9 Å². The van der Waals surface area contributed by atoms with Gasteiger partial charge in [0.05, 0.1) is 46.9 Å². The number of nitrogens with one attached hydrogen (secondary N) is 1. The first-order valence-corrected chi connectivity index (χ1v) is 15.7. The fourth-order valence-electron chi connectivity index (χ4n) is 6.04. The number of aliphatic hydroxyl groups is 2. The minimum Gasteiger partial charge on any atom is -0.481 e. The van der Waals surface area contributed by atoms with Crippen LogP contribution >= 0.6 is 23.2 Å². The number of aromatic nitrogens is 2. The molecule has 2 aromatic heterocycles. The van der Waals surface area contributed by atoms with Crippen molar-refractivity contribution in [2.45, 2.75) is 32.5 Å². The van der Waals surface area contributed by atoms with Gasteiger partial charge in [0.15, 0.2) is 0 Å². The van der Waals surface area contributed by atoms with Crippen LogP contribution in [-0.4, -0.2) is 81.9 Å². The Morgan fingerprint density at radius 1 is 1.02 bits per heavy atom. The lowest BCUT2D eigenvalue weighted by atomic mass is 9.98. The molecule has 0 saturated carbocycles. The number of aryl methyl sites for hydroxylation is 1. The number of nitrogens with zero attached hydrogens (tertiary/aromatic N) is 4. The maximum Gasteiger partial charge on any atom is 0.274 e. The normalized spacial score (nSPS) is 15.4. The summed E-state index contributed by atoms with van der Waals surface area (Å²) in [4.78, 5) is 27.1. The van der Waals surface area contributed by atoms with Gasteiger partial charge in [0.1, 0.15) is 5.69 Å². The average Bonchev–Trinajstić information content (AvgIpc) is 3.02. The summed E-state index contributed by atoms with van der Waals surface area (Å²) in [6.45, 7) is 6.00. The molecule has 0 bridgehead atoms. The van der Waals surface area contributed by atoms with E-state index in [4.69, 9.17) is 32.9 Å². The molecule has 2 aromatic carbocycles. The van der Waals surface area contributed by atoms with Crippen LogP contribution in [0, 0.1) is 6.92 Å². The molecular weight excluding hydrogens is 613 g/mol. The van der Waals surface area contributed by atoms with Crippen LogP contribution in [-0.2, 0) is 19.5 Å². The Hall–Kier alpha value is -3.57. The first kappa shape index (κ1) is 31.4. The van der Waals surface area contributed by atoms with Crippen molar-refractivity contribution in [2.24, 2.45) is 0 Å². The zero-order chi connectivity index (χ0) is 31.7. The maximum atomic E-state index is 13.4. The van der Waals surface area contributed by atoms with Crippen molar-refractivity contribution >= 4 is 34.8 Å². The van der Waals surface area contributed by atoms with Gasteiger partial charge in [-0.25, -0.2) is 9.97 Å². The summed E-state index contributed by atoms with van der Waals surface area (Å²) >= 11 is 13.9. The lowest BCUT2D eigenvalue weighted by Gasteiger charge is -2.35. The molecule has 4 aromatic rings. The third kappa shape index (κ3) is 6.56. The summed E-state index contributed by atoms with van der Waals surface area (Å²) in [6, 6.07) is 16.8. The first-order chi connectivity index (χ1) is 21.7. The molecule has 1 saturated heterocycles. The molecule has 1 amide bonds.